The van der Waals surface area contributed by atoms with Crippen LogP contribution in [0.25, 0.3) is 11.3 Å². The molecule has 159 valence electrons. The summed E-state index contributed by atoms with van der Waals surface area (Å²) < 4.78 is 0. The summed E-state index contributed by atoms with van der Waals surface area (Å²) in [7, 11) is 0. The summed E-state index contributed by atoms with van der Waals surface area (Å²) in [5, 5.41) is 19.5. The number of aliphatic hydroxyl groups is 2. The van der Waals surface area contributed by atoms with Gasteiger partial charge in [0.15, 0.2) is 0 Å². The van der Waals surface area contributed by atoms with Crippen molar-refractivity contribution in [3.63, 3.8) is 0 Å². The molecular weight excluding hydrogens is 528 g/mol. The van der Waals surface area contributed by atoms with Gasteiger partial charge in [-0.2, -0.15) is 0 Å². The molecule has 0 fully saturated rings. The van der Waals surface area contributed by atoms with Crippen molar-refractivity contribution in [2.75, 3.05) is 0 Å². The zero-order valence-electron chi connectivity index (χ0n) is 18.4. The molecule has 2 unspecified atom stereocenters. The van der Waals surface area contributed by atoms with E-state index in [1.54, 1.807) is 6.20 Å². The summed E-state index contributed by atoms with van der Waals surface area (Å²) >= 11 is 0. The standard InChI is InChI=1S/C12H11N2.C11H24O2.Ir/c1-9-8-13-12(10(2)14-9)11-6-4-3-5-7-11;1-10(2,3)8(12)7-9(13)11(4,5)6;/h3-6,8H,1-2H3;8-9,12-13H,7H2,1-6H3;/q-1;;. The van der Waals surface area contributed by atoms with E-state index in [1.165, 1.54) is 0 Å². The van der Waals surface area contributed by atoms with Gasteiger partial charge in [-0.1, -0.05) is 41.5 Å². The van der Waals surface area contributed by atoms with E-state index in [9.17, 15) is 10.2 Å². The molecule has 0 bridgehead atoms. The third kappa shape index (κ3) is 8.91. The third-order valence-corrected chi connectivity index (χ3v) is 4.48. The second-order valence-corrected chi connectivity index (χ2v) is 9.22. The maximum atomic E-state index is 9.76. The summed E-state index contributed by atoms with van der Waals surface area (Å²) in [4.78, 5) is 8.72. The van der Waals surface area contributed by atoms with Crippen LogP contribution in [0.4, 0.5) is 0 Å². The first-order valence-electron chi connectivity index (χ1n) is 9.46. The summed E-state index contributed by atoms with van der Waals surface area (Å²) in [6, 6.07) is 10.9. The number of aryl methyl sites for hydroxylation is 2. The summed E-state index contributed by atoms with van der Waals surface area (Å²) in [6.07, 6.45) is 1.35. The Balaban J connectivity index is 0.000000505. The fourth-order valence-electron chi connectivity index (χ4n) is 2.32. The van der Waals surface area contributed by atoms with Crippen LogP contribution in [0.3, 0.4) is 0 Å². The van der Waals surface area contributed by atoms with Gasteiger partial charge in [0, 0.05) is 44.1 Å². The molecule has 2 N–H and O–H groups in total. The average Bonchev–Trinajstić information content (AvgIpc) is 2.54. The first kappa shape index (κ1) is 26.9. The number of aliphatic hydroxyl groups excluding tert-OH is 2. The number of aromatic nitrogens is 2. The maximum absolute atomic E-state index is 9.76. The Hall–Kier alpha value is -1.13. The van der Waals surface area contributed by atoms with Crippen LogP contribution >= 0.6 is 0 Å². The molecule has 1 aromatic carbocycles. The molecule has 4 nitrogen and oxygen atoms in total. The van der Waals surface area contributed by atoms with Gasteiger partial charge in [-0.15, -0.1) is 35.9 Å². The Morgan fingerprint density at radius 3 is 1.89 bits per heavy atom. The van der Waals surface area contributed by atoms with Gasteiger partial charge in [0.1, 0.15) is 0 Å². The zero-order chi connectivity index (χ0) is 20.8. The number of nitrogens with zero attached hydrogens (tertiary/aromatic N) is 2. The van der Waals surface area contributed by atoms with E-state index in [1.807, 2.05) is 79.7 Å². The van der Waals surface area contributed by atoms with Gasteiger partial charge in [0.25, 0.3) is 0 Å². The number of hydrogen-bond donors (Lipinski definition) is 2. The van der Waals surface area contributed by atoms with Gasteiger partial charge < -0.3 is 15.2 Å². The second kappa shape index (κ2) is 11.2. The van der Waals surface area contributed by atoms with Crippen molar-refractivity contribution in [2.24, 2.45) is 10.8 Å². The Kier molecular flexibility index (Phi) is 10.7. The van der Waals surface area contributed by atoms with E-state index in [0.29, 0.717) is 6.42 Å². The predicted molar refractivity (Wildman–Crippen MR) is 111 cm³/mol. The van der Waals surface area contributed by atoms with Crippen molar-refractivity contribution < 1.29 is 30.3 Å². The molecule has 0 aliphatic rings. The topological polar surface area (TPSA) is 66.2 Å². The van der Waals surface area contributed by atoms with Crippen LogP contribution in [-0.2, 0) is 20.1 Å². The van der Waals surface area contributed by atoms with Crippen LogP contribution in [0.1, 0.15) is 59.4 Å². The van der Waals surface area contributed by atoms with Crippen LogP contribution < -0.4 is 0 Å². The second-order valence-electron chi connectivity index (χ2n) is 9.22. The van der Waals surface area contributed by atoms with Gasteiger partial charge >= 0.3 is 0 Å². The fraction of sp³-hybridized carbons (Fsp3) is 0.565. The zero-order valence-corrected chi connectivity index (χ0v) is 20.8. The third-order valence-electron chi connectivity index (χ3n) is 4.48. The van der Waals surface area contributed by atoms with Crippen molar-refractivity contribution in [3.8, 4) is 11.3 Å². The van der Waals surface area contributed by atoms with Gasteiger partial charge in [-0.05, 0) is 24.7 Å². The molecule has 0 aliphatic carbocycles. The Morgan fingerprint density at radius 2 is 1.50 bits per heavy atom. The van der Waals surface area contributed by atoms with Crippen LogP contribution in [0.5, 0.6) is 0 Å². The van der Waals surface area contributed by atoms with E-state index in [0.717, 1.165) is 22.6 Å². The molecule has 28 heavy (non-hydrogen) atoms. The van der Waals surface area contributed by atoms with E-state index in [-0.39, 0.29) is 30.9 Å². The van der Waals surface area contributed by atoms with Crippen LogP contribution in [-0.4, -0.2) is 32.4 Å². The molecule has 1 radical (unpaired) electrons. The van der Waals surface area contributed by atoms with Gasteiger partial charge in [0.05, 0.1) is 17.9 Å². The SMILES string of the molecule is CC(C)(C)C(O)CC(O)C(C)(C)C.Cc1cnc(-c2[c-]cccc2)c(C)n1.[Ir]. The average molecular weight is 564 g/mol. The Bertz CT molecular complexity index is 689. The number of rotatable bonds is 3. The van der Waals surface area contributed by atoms with Crippen LogP contribution in [0, 0.1) is 30.7 Å². The molecule has 0 saturated carbocycles. The fourth-order valence-corrected chi connectivity index (χ4v) is 2.32. The van der Waals surface area contributed by atoms with Crippen molar-refractivity contribution in [2.45, 2.75) is 74.0 Å². The minimum Gasteiger partial charge on any atom is -0.392 e. The van der Waals surface area contributed by atoms with Gasteiger partial charge in [-0.25, -0.2) is 0 Å². The largest absolute Gasteiger partial charge is 0.392 e. The minimum atomic E-state index is -0.443. The van der Waals surface area contributed by atoms with Crippen molar-refractivity contribution >= 4 is 0 Å². The van der Waals surface area contributed by atoms with Crippen LogP contribution in [0.2, 0.25) is 0 Å². The molecule has 2 rings (SSSR count). The first-order valence-corrected chi connectivity index (χ1v) is 9.46. The molecule has 0 amide bonds. The minimum absolute atomic E-state index is 0. The summed E-state index contributed by atoms with van der Waals surface area (Å²) in [6.45, 7) is 15.8. The molecule has 2 aromatic rings. The summed E-state index contributed by atoms with van der Waals surface area (Å²) in [5.74, 6) is 0. The van der Waals surface area contributed by atoms with Gasteiger partial charge in [-0.3, -0.25) is 4.98 Å². The molecule has 5 heteroatoms. The van der Waals surface area contributed by atoms with E-state index >= 15 is 0 Å². The van der Waals surface area contributed by atoms with E-state index in [2.05, 4.69) is 16.0 Å². The first-order chi connectivity index (χ1) is 12.3. The van der Waals surface area contributed by atoms with Crippen molar-refractivity contribution in [3.05, 3.63) is 47.9 Å². The number of hydrogen-bond acceptors (Lipinski definition) is 4. The van der Waals surface area contributed by atoms with E-state index < -0.39 is 12.2 Å². The molecule has 0 saturated heterocycles. The van der Waals surface area contributed by atoms with Gasteiger partial charge in [0.2, 0.25) is 0 Å². The van der Waals surface area contributed by atoms with Crippen molar-refractivity contribution in [1.82, 2.24) is 9.97 Å². The molecular formula is C23H35IrN2O2-. The molecule has 0 aliphatic heterocycles. The number of benzene rings is 1. The van der Waals surface area contributed by atoms with Crippen LogP contribution in [0.15, 0.2) is 30.5 Å². The monoisotopic (exact) mass is 564 g/mol. The quantitative estimate of drug-likeness (QED) is 0.529. The molecule has 2 atom stereocenters. The maximum Gasteiger partial charge on any atom is 0.0613 e. The van der Waals surface area contributed by atoms with E-state index in [4.69, 9.17) is 0 Å². The Labute approximate surface area is 184 Å². The molecule has 0 spiro atoms. The van der Waals surface area contributed by atoms with Crippen molar-refractivity contribution in [1.29, 1.82) is 0 Å². The molecule has 1 heterocycles. The smallest absolute Gasteiger partial charge is 0.0613 e. The molecule has 1 aromatic heterocycles. The summed E-state index contributed by atoms with van der Waals surface area (Å²) in [5.41, 5.74) is 3.52. The normalized spacial score (nSPS) is 13.6. The Morgan fingerprint density at radius 1 is 0.964 bits per heavy atom. The predicted octanol–water partition coefficient (Wildman–Crippen LogP) is 4.75.